The molecule has 2 aromatic carbocycles. The number of halogens is 4. The Morgan fingerprint density at radius 2 is 1.74 bits per heavy atom. The van der Waals surface area contributed by atoms with Gasteiger partial charge in [-0.05, 0) is 35.4 Å². The highest BCUT2D eigenvalue weighted by Crippen LogP contribution is 2.30. The van der Waals surface area contributed by atoms with E-state index in [-0.39, 0.29) is 5.82 Å². The van der Waals surface area contributed by atoms with Crippen molar-refractivity contribution in [1.29, 1.82) is 0 Å². The van der Waals surface area contributed by atoms with Gasteiger partial charge in [-0.15, -0.1) is 0 Å². The van der Waals surface area contributed by atoms with Gasteiger partial charge in [0.15, 0.2) is 0 Å². The Balaban J connectivity index is 2.23. The Morgan fingerprint density at radius 1 is 1.00 bits per heavy atom. The van der Waals surface area contributed by atoms with Crippen molar-refractivity contribution < 1.29 is 9.50 Å². The summed E-state index contributed by atoms with van der Waals surface area (Å²) in [6.07, 6.45) is -0.231. The molecule has 1 unspecified atom stereocenters. The third-order valence-electron chi connectivity index (χ3n) is 2.75. The monoisotopic (exact) mass is 450 g/mol. The molecule has 0 bridgehead atoms. The molecule has 0 amide bonds. The van der Waals surface area contributed by atoms with Gasteiger partial charge in [0.2, 0.25) is 0 Å². The van der Waals surface area contributed by atoms with Crippen molar-refractivity contribution in [3.8, 4) is 0 Å². The van der Waals surface area contributed by atoms with Crippen LogP contribution >= 0.6 is 47.8 Å². The summed E-state index contributed by atoms with van der Waals surface area (Å²) in [6.45, 7) is 0. The maximum absolute atomic E-state index is 13.0. The number of aliphatic hydroxyl groups excluding tert-OH is 1. The van der Waals surface area contributed by atoms with Gasteiger partial charge in [0, 0.05) is 19.8 Å². The van der Waals surface area contributed by atoms with Crippen LogP contribution in [0.1, 0.15) is 17.2 Å². The maximum Gasteiger partial charge on any atom is 0.124 e. The fourth-order valence-corrected chi connectivity index (χ4v) is 3.60. The highest BCUT2D eigenvalue weighted by Gasteiger charge is 2.14. The fourth-order valence-electron chi connectivity index (χ4n) is 1.78. The molecule has 1 nitrogen and oxygen atoms in total. The highest BCUT2D eigenvalue weighted by molar-refractivity contribution is 9.11. The number of hydrogen-bond donors (Lipinski definition) is 1. The van der Waals surface area contributed by atoms with Crippen molar-refractivity contribution in [2.24, 2.45) is 0 Å². The average molecular weight is 453 g/mol. The van der Waals surface area contributed by atoms with E-state index < -0.39 is 6.10 Å². The standard InChI is InChI=1S/C14H10Br3FO/c15-9-2-4-11(13(17)6-9)14(19)5-8-1-3-10(18)7-12(8)16/h1-4,6-7,14,19H,5H2. The topological polar surface area (TPSA) is 20.2 Å². The predicted octanol–water partition coefficient (Wildman–Crippen LogP) is 5.39. The van der Waals surface area contributed by atoms with Crippen LogP contribution in [-0.2, 0) is 6.42 Å². The van der Waals surface area contributed by atoms with E-state index in [1.54, 1.807) is 6.07 Å². The third kappa shape index (κ3) is 3.88. The van der Waals surface area contributed by atoms with Crippen LogP contribution in [-0.4, -0.2) is 5.11 Å². The lowest BCUT2D eigenvalue weighted by atomic mass is 10.0. The van der Waals surface area contributed by atoms with E-state index in [9.17, 15) is 9.50 Å². The Kier molecular flexibility index (Phi) is 5.17. The first-order valence-electron chi connectivity index (χ1n) is 5.54. The molecule has 1 atom stereocenters. The second-order valence-corrected chi connectivity index (χ2v) is 6.75. The average Bonchev–Trinajstić information content (AvgIpc) is 2.32. The van der Waals surface area contributed by atoms with Crippen molar-refractivity contribution in [3.63, 3.8) is 0 Å². The molecule has 0 aliphatic carbocycles. The lowest BCUT2D eigenvalue weighted by Crippen LogP contribution is -2.03. The van der Waals surface area contributed by atoms with Crippen LogP contribution < -0.4 is 0 Å². The van der Waals surface area contributed by atoms with Gasteiger partial charge in [-0.2, -0.15) is 0 Å². The van der Waals surface area contributed by atoms with Crippen molar-refractivity contribution in [1.82, 2.24) is 0 Å². The lowest BCUT2D eigenvalue weighted by molar-refractivity contribution is 0.177. The quantitative estimate of drug-likeness (QED) is 0.662. The number of rotatable bonds is 3. The SMILES string of the molecule is OC(Cc1ccc(F)cc1Br)c1ccc(Br)cc1Br. The second-order valence-electron chi connectivity index (χ2n) is 4.12. The molecule has 0 saturated heterocycles. The van der Waals surface area contributed by atoms with Crippen LogP contribution in [0.15, 0.2) is 49.8 Å². The van der Waals surface area contributed by atoms with Gasteiger partial charge < -0.3 is 5.11 Å². The van der Waals surface area contributed by atoms with E-state index in [0.29, 0.717) is 10.9 Å². The first kappa shape index (κ1) is 15.2. The summed E-state index contributed by atoms with van der Waals surface area (Å²) in [7, 11) is 0. The lowest BCUT2D eigenvalue weighted by Gasteiger charge is -2.14. The minimum absolute atomic E-state index is 0.296. The van der Waals surface area contributed by atoms with E-state index in [2.05, 4.69) is 47.8 Å². The van der Waals surface area contributed by atoms with Crippen molar-refractivity contribution >= 4 is 47.8 Å². The van der Waals surface area contributed by atoms with Crippen molar-refractivity contribution in [3.05, 3.63) is 66.8 Å². The summed E-state index contributed by atoms with van der Waals surface area (Å²) >= 11 is 10.1. The van der Waals surface area contributed by atoms with Gasteiger partial charge in [0.25, 0.3) is 0 Å². The van der Waals surface area contributed by atoms with Crippen LogP contribution in [0, 0.1) is 5.82 Å². The highest BCUT2D eigenvalue weighted by atomic mass is 79.9. The molecule has 0 aromatic heterocycles. The molecule has 0 saturated carbocycles. The normalized spacial score (nSPS) is 12.5. The minimum atomic E-state index is -0.649. The van der Waals surface area contributed by atoms with Gasteiger partial charge >= 0.3 is 0 Å². The van der Waals surface area contributed by atoms with E-state index in [1.165, 1.54) is 12.1 Å². The van der Waals surface area contributed by atoms with E-state index in [1.807, 2.05) is 18.2 Å². The van der Waals surface area contributed by atoms with Crippen LogP contribution in [0.3, 0.4) is 0 Å². The Labute approximate surface area is 136 Å². The molecule has 1 N–H and O–H groups in total. The molecule has 19 heavy (non-hydrogen) atoms. The molecule has 2 rings (SSSR count). The number of hydrogen-bond acceptors (Lipinski definition) is 1. The zero-order valence-electron chi connectivity index (χ0n) is 9.71. The molecule has 0 heterocycles. The van der Waals surface area contributed by atoms with Crippen LogP contribution in [0.25, 0.3) is 0 Å². The zero-order valence-corrected chi connectivity index (χ0v) is 14.5. The Hall–Kier alpha value is -0.230. The third-order valence-corrected chi connectivity index (χ3v) is 4.67. The van der Waals surface area contributed by atoms with Gasteiger partial charge in [0.05, 0.1) is 6.10 Å². The van der Waals surface area contributed by atoms with Crippen molar-refractivity contribution in [2.75, 3.05) is 0 Å². The Morgan fingerprint density at radius 3 is 2.37 bits per heavy atom. The first-order valence-corrected chi connectivity index (χ1v) is 7.92. The molecule has 5 heteroatoms. The largest absolute Gasteiger partial charge is 0.388 e. The second kappa shape index (κ2) is 6.48. The number of benzene rings is 2. The molecule has 2 aromatic rings. The first-order chi connectivity index (χ1) is 8.97. The fraction of sp³-hybridized carbons (Fsp3) is 0.143. The molecule has 0 aliphatic heterocycles. The van der Waals surface area contributed by atoms with Gasteiger partial charge in [-0.1, -0.05) is 59.9 Å². The van der Waals surface area contributed by atoms with E-state index in [0.717, 1.165) is 20.1 Å². The van der Waals surface area contributed by atoms with Gasteiger partial charge in [0.1, 0.15) is 5.82 Å². The van der Waals surface area contributed by atoms with Crippen LogP contribution in [0.4, 0.5) is 4.39 Å². The molecule has 0 aliphatic rings. The van der Waals surface area contributed by atoms with Gasteiger partial charge in [-0.25, -0.2) is 4.39 Å². The summed E-state index contributed by atoms with van der Waals surface area (Å²) in [6, 6.07) is 10.1. The van der Waals surface area contributed by atoms with Gasteiger partial charge in [-0.3, -0.25) is 0 Å². The van der Waals surface area contributed by atoms with E-state index in [4.69, 9.17) is 0 Å². The maximum atomic E-state index is 13.0. The molecule has 0 spiro atoms. The minimum Gasteiger partial charge on any atom is -0.388 e. The summed E-state index contributed by atoms with van der Waals surface area (Å²) in [5.41, 5.74) is 1.67. The Bertz CT molecular complexity index is 601. The summed E-state index contributed by atoms with van der Waals surface area (Å²) in [4.78, 5) is 0. The molecule has 0 fully saturated rings. The molecular weight excluding hydrogens is 443 g/mol. The molecular formula is C14H10Br3FO. The number of aliphatic hydroxyl groups is 1. The summed E-state index contributed by atoms with van der Waals surface area (Å²) in [5, 5.41) is 10.3. The van der Waals surface area contributed by atoms with Crippen molar-refractivity contribution in [2.45, 2.75) is 12.5 Å². The summed E-state index contributed by atoms with van der Waals surface area (Å²) < 4.78 is 15.5. The molecule has 100 valence electrons. The summed E-state index contributed by atoms with van der Waals surface area (Å²) in [5.74, 6) is -0.296. The predicted molar refractivity (Wildman–Crippen MR) is 84.6 cm³/mol. The smallest absolute Gasteiger partial charge is 0.124 e. The molecule has 0 radical (unpaired) electrons. The zero-order chi connectivity index (χ0) is 14.0. The van der Waals surface area contributed by atoms with E-state index >= 15 is 0 Å². The van der Waals surface area contributed by atoms with Crippen LogP contribution in [0.5, 0.6) is 0 Å². The van der Waals surface area contributed by atoms with Crippen LogP contribution in [0.2, 0.25) is 0 Å².